The van der Waals surface area contributed by atoms with Gasteiger partial charge >= 0.3 is 0 Å². The number of nitrogens with zero attached hydrogens (tertiary/aromatic N) is 2. The lowest BCUT2D eigenvalue weighted by atomic mass is 10.2. The van der Waals surface area contributed by atoms with Crippen molar-refractivity contribution in [3.63, 3.8) is 0 Å². The van der Waals surface area contributed by atoms with E-state index >= 15 is 0 Å². The van der Waals surface area contributed by atoms with Gasteiger partial charge in [0.1, 0.15) is 0 Å². The van der Waals surface area contributed by atoms with Gasteiger partial charge in [0.05, 0.1) is 4.90 Å². The first kappa shape index (κ1) is 20.4. The molecule has 1 aliphatic rings. The van der Waals surface area contributed by atoms with Crippen LogP contribution in [0.25, 0.3) is 6.08 Å². The zero-order valence-electron chi connectivity index (χ0n) is 15.8. The summed E-state index contributed by atoms with van der Waals surface area (Å²) in [6.07, 6.45) is 3.35. The largest absolute Gasteiger partial charge is 0.337 e. The quantitative estimate of drug-likeness (QED) is 0.553. The van der Waals surface area contributed by atoms with E-state index in [4.69, 9.17) is 0 Å². The van der Waals surface area contributed by atoms with E-state index in [9.17, 15) is 18.0 Å². The predicted molar refractivity (Wildman–Crippen MR) is 110 cm³/mol. The van der Waals surface area contributed by atoms with Gasteiger partial charge in [0.15, 0.2) is 5.78 Å². The summed E-state index contributed by atoms with van der Waals surface area (Å²) in [6, 6.07) is 7.95. The van der Waals surface area contributed by atoms with Crippen molar-refractivity contribution in [3.05, 3.63) is 57.8 Å². The van der Waals surface area contributed by atoms with Gasteiger partial charge in [-0.05, 0) is 49.1 Å². The lowest BCUT2D eigenvalue weighted by Gasteiger charge is -2.33. The summed E-state index contributed by atoms with van der Waals surface area (Å²) in [5, 5.41) is 1.98. The van der Waals surface area contributed by atoms with E-state index < -0.39 is 10.0 Å². The topological polar surface area (TPSA) is 74.8 Å². The van der Waals surface area contributed by atoms with Crippen LogP contribution in [0.2, 0.25) is 0 Å². The average molecular weight is 419 g/mol. The highest BCUT2D eigenvalue weighted by Gasteiger charge is 2.29. The number of rotatable bonds is 5. The number of carbonyl (C=O) groups is 2. The zero-order chi connectivity index (χ0) is 20.3. The molecule has 2 aromatic rings. The molecule has 1 aromatic carbocycles. The maximum absolute atomic E-state index is 12.8. The minimum absolute atomic E-state index is 0.109. The van der Waals surface area contributed by atoms with Crippen LogP contribution in [0, 0.1) is 6.92 Å². The van der Waals surface area contributed by atoms with Crippen LogP contribution in [0.15, 0.2) is 46.7 Å². The van der Waals surface area contributed by atoms with E-state index in [0.717, 1.165) is 10.4 Å². The number of amides is 1. The van der Waals surface area contributed by atoms with Gasteiger partial charge in [0, 0.05) is 42.7 Å². The molecule has 0 saturated carbocycles. The smallest absolute Gasteiger partial charge is 0.246 e. The summed E-state index contributed by atoms with van der Waals surface area (Å²) in [6.45, 7) is 4.61. The molecule has 3 rings (SSSR count). The Morgan fingerprint density at radius 2 is 1.68 bits per heavy atom. The fourth-order valence-corrected chi connectivity index (χ4v) is 5.21. The molecular formula is C20H22N2O4S2. The van der Waals surface area contributed by atoms with Gasteiger partial charge in [-0.1, -0.05) is 12.1 Å². The Balaban J connectivity index is 1.62. The van der Waals surface area contributed by atoms with Crippen molar-refractivity contribution in [2.45, 2.75) is 18.7 Å². The van der Waals surface area contributed by atoms with Crippen molar-refractivity contribution in [3.8, 4) is 0 Å². The second kappa shape index (κ2) is 8.38. The number of carbonyl (C=O) groups excluding carboxylic acids is 2. The zero-order valence-corrected chi connectivity index (χ0v) is 17.4. The molecule has 0 bridgehead atoms. The second-order valence-electron chi connectivity index (χ2n) is 6.61. The Hall–Kier alpha value is -2.29. The maximum Gasteiger partial charge on any atom is 0.246 e. The molecule has 1 amide bonds. The van der Waals surface area contributed by atoms with Crippen LogP contribution in [-0.2, 0) is 14.8 Å². The standard InChI is InChI=1S/C20H22N2O4S2/c1-15-9-14-27-19(15)7-8-20(24)21-10-12-22(13-11-21)28(25,26)18-5-3-17(4-6-18)16(2)23/h3-9,14H,10-13H2,1-2H3/b8-7+. The van der Waals surface area contributed by atoms with Crippen LogP contribution in [0.1, 0.15) is 27.7 Å². The predicted octanol–water partition coefficient (Wildman–Crippen LogP) is 2.81. The SMILES string of the molecule is CC(=O)c1ccc(S(=O)(=O)N2CCN(C(=O)/C=C/c3sccc3C)CC2)cc1. The van der Waals surface area contributed by atoms with Crippen molar-refractivity contribution >= 4 is 39.1 Å². The van der Waals surface area contributed by atoms with E-state index in [0.29, 0.717) is 18.7 Å². The highest BCUT2D eigenvalue weighted by atomic mass is 32.2. The first-order chi connectivity index (χ1) is 13.3. The highest BCUT2D eigenvalue weighted by molar-refractivity contribution is 7.89. The van der Waals surface area contributed by atoms with Crippen LogP contribution in [0.5, 0.6) is 0 Å². The van der Waals surface area contributed by atoms with Gasteiger partial charge in [0.2, 0.25) is 15.9 Å². The molecule has 0 N–H and O–H groups in total. The van der Waals surface area contributed by atoms with E-state index in [-0.39, 0.29) is 29.7 Å². The second-order valence-corrected chi connectivity index (χ2v) is 9.50. The summed E-state index contributed by atoms with van der Waals surface area (Å²) in [5.41, 5.74) is 1.60. The molecule has 2 heterocycles. The van der Waals surface area contributed by atoms with Crippen molar-refractivity contribution in [2.24, 2.45) is 0 Å². The maximum atomic E-state index is 12.8. The summed E-state index contributed by atoms with van der Waals surface area (Å²) in [7, 11) is -3.64. The van der Waals surface area contributed by atoms with Crippen LogP contribution in [0.3, 0.4) is 0 Å². The molecule has 148 valence electrons. The van der Waals surface area contributed by atoms with Gasteiger partial charge in [-0.2, -0.15) is 4.31 Å². The molecule has 6 nitrogen and oxygen atoms in total. The lowest BCUT2D eigenvalue weighted by Crippen LogP contribution is -2.50. The van der Waals surface area contributed by atoms with Gasteiger partial charge in [-0.25, -0.2) is 8.42 Å². The third kappa shape index (κ3) is 4.40. The van der Waals surface area contributed by atoms with Crippen LogP contribution in [-0.4, -0.2) is 55.5 Å². The van der Waals surface area contributed by atoms with Gasteiger partial charge < -0.3 is 4.90 Å². The van der Waals surface area contributed by atoms with E-state index in [1.807, 2.05) is 24.4 Å². The molecule has 1 aromatic heterocycles. The summed E-state index contributed by atoms with van der Waals surface area (Å²) in [5.74, 6) is -0.225. The number of sulfonamides is 1. The number of thiophene rings is 1. The molecule has 8 heteroatoms. The third-order valence-electron chi connectivity index (χ3n) is 4.73. The first-order valence-electron chi connectivity index (χ1n) is 8.91. The van der Waals surface area contributed by atoms with Crippen molar-refractivity contribution in [2.75, 3.05) is 26.2 Å². The van der Waals surface area contributed by atoms with Gasteiger partial charge in [0.25, 0.3) is 0 Å². The number of ketones is 1. The fraction of sp³-hybridized carbons (Fsp3) is 0.300. The molecule has 0 radical (unpaired) electrons. The number of Topliss-reactive ketones (excluding diaryl/α,β-unsaturated/α-hetero) is 1. The van der Waals surface area contributed by atoms with Gasteiger partial charge in [-0.3, -0.25) is 9.59 Å². The minimum atomic E-state index is -3.64. The Bertz CT molecular complexity index is 999. The van der Waals surface area contributed by atoms with E-state index in [1.54, 1.807) is 22.3 Å². The third-order valence-corrected chi connectivity index (χ3v) is 7.62. The number of piperazine rings is 1. The molecule has 0 aliphatic carbocycles. The molecule has 0 atom stereocenters. The molecular weight excluding hydrogens is 396 g/mol. The molecule has 0 spiro atoms. The Morgan fingerprint density at radius 3 is 2.21 bits per heavy atom. The molecule has 1 fully saturated rings. The molecule has 0 unspecified atom stereocenters. The van der Waals surface area contributed by atoms with E-state index in [2.05, 4.69) is 0 Å². The van der Waals surface area contributed by atoms with Crippen molar-refractivity contribution in [1.82, 2.24) is 9.21 Å². The Morgan fingerprint density at radius 1 is 1.04 bits per heavy atom. The average Bonchev–Trinajstić information content (AvgIpc) is 3.11. The first-order valence-corrected chi connectivity index (χ1v) is 11.2. The number of hydrogen-bond acceptors (Lipinski definition) is 5. The number of hydrogen-bond donors (Lipinski definition) is 0. The fourth-order valence-electron chi connectivity index (χ4n) is 2.97. The summed E-state index contributed by atoms with van der Waals surface area (Å²) in [4.78, 5) is 26.6. The Kier molecular flexibility index (Phi) is 6.12. The minimum Gasteiger partial charge on any atom is -0.337 e. The highest BCUT2D eigenvalue weighted by Crippen LogP contribution is 2.20. The van der Waals surface area contributed by atoms with Crippen LogP contribution >= 0.6 is 11.3 Å². The molecule has 1 aliphatic heterocycles. The monoisotopic (exact) mass is 418 g/mol. The van der Waals surface area contributed by atoms with Crippen molar-refractivity contribution in [1.29, 1.82) is 0 Å². The number of benzene rings is 1. The summed E-state index contributed by atoms with van der Waals surface area (Å²) < 4.78 is 27.0. The lowest BCUT2D eigenvalue weighted by molar-refractivity contribution is -0.127. The van der Waals surface area contributed by atoms with Crippen LogP contribution < -0.4 is 0 Å². The summed E-state index contributed by atoms with van der Waals surface area (Å²) >= 11 is 1.58. The molecule has 28 heavy (non-hydrogen) atoms. The molecule has 1 saturated heterocycles. The van der Waals surface area contributed by atoms with E-state index in [1.165, 1.54) is 35.5 Å². The van der Waals surface area contributed by atoms with Gasteiger partial charge in [-0.15, -0.1) is 11.3 Å². The van der Waals surface area contributed by atoms with Crippen molar-refractivity contribution < 1.29 is 18.0 Å². The Labute approximate surface area is 169 Å². The number of aryl methyl sites for hydroxylation is 1. The van der Waals surface area contributed by atoms with Crippen LogP contribution in [0.4, 0.5) is 0 Å². The normalized spacial score (nSPS) is 15.9.